The summed E-state index contributed by atoms with van der Waals surface area (Å²) in [5.41, 5.74) is 2.18. The first-order valence-electron chi connectivity index (χ1n) is 9.43. The van der Waals surface area contributed by atoms with Gasteiger partial charge in [-0.1, -0.05) is 17.7 Å². The van der Waals surface area contributed by atoms with Gasteiger partial charge in [-0.15, -0.1) is 0 Å². The molecule has 1 aliphatic heterocycles. The lowest BCUT2D eigenvalue weighted by Crippen LogP contribution is -2.50. The van der Waals surface area contributed by atoms with E-state index in [2.05, 4.69) is 0 Å². The smallest absolute Gasteiger partial charge is 0.254 e. The quantitative estimate of drug-likeness (QED) is 0.775. The Morgan fingerprint density at radius 3 is 1.72 bits per heavy atom. The fraction of sp³-hybridized carbons (Fsp3) is 0.364. The third kappa shape index (κ3) is 4.29. The van der Waals surface area contributed by atoms with Crippen LogP contribution in [0.1, 0.15) is 26.3 Å². The van der Waals surface area contributed by atoms with Gasteiger partial charge in [-0.3, -0.25) is 9.59 Å². The van der Waals surface area contributed by atoms with Crippen LogP contribution in [0.2, 0.25) is 0 Å². The van der Waals surface area contributed by atoms with Crippen molar-refractivity contribution in [3.05, 3.63) is 53.1 Å². The zero-order valence-corrected chi connectivity index (χ0v) is 17.2. The van der Waals surface area contributed by atoms with E-state index in [9.17, 15) is 9.59 Å². The largest absolute Gasteiger partial charge is 0.493 e. The van der Waals surface area contributed by atoms with E-state index in [1.165, 1.54) is 21.3 Å². The summed E-state index contributed by atoms with van der Waals surface area (Å²) in [6, 6.07) is 10.8. The van der Waals surface area contributed by atoms with Crippen LogP contribution in [-0.2, 0) is 0 Å². The summed E-state index contributed by atoms with van der Waals surface area (Å²) >= 11 is 0. The Morgan fingerprint density at radius 1 is 0.759 bits per heavy atom. The van der Waals surface area contributed by atoms with E-state index in [0.717, 1.165) is 5.56 Å². The molecule has 0 unspecified atom stereocenters. The second-order valence-electron chi connectivity index (χ2n) is 6.87. The highest BCUT2D eigenvalue weighted by molar-refractivity contribution is 5.97. The molecule has 3 rings (SSSR count). The molecule has 7 nitrogen and oxygen atoms in total. The number of aryl methyl sites for hydroxylation is 1. The normalized spacial score (nSPS) is 13.8. The van der Waals surface area contributed by atoms with Crippen molar-refractivity contribution in [3.8, 4) is 17.2 Å². The van der Waals surface area contributed by atoms with Crippen LogP contribution in [0.5, 0.6) is 17.2 Å². The van der Waals surface area contributed by atoms with E-state index >= 15 is 0 Å². The van der Waals surface area contributed by atoms with Gasteiger partial charge in [0.2, 0.25) is 5.75 Å². The van der Waals surface area contributed by atoms with Crippen molar-refractivity contribution in [1.29, 1.82) is 0 Å². The number of rotatable bonds is 5. The van der Waals surface area contributed by atoms with Crippen LogP contribution in [0.15, 0.2) is 36.4 Å². The summed E-state index contributed by atoms with van der Waals surface area (Å²) in [5.74, 6) is 1.17. The lowest BCUT2D eigenvalue weighted by atomic mass is 10.1. The summed E-state index contributed by atoms with van der Waals surface area (Å²) < 4.78 is 16.0. The lowest BCUT2D eigenvalue weighted by molar-refractivity contribution is 0.0535. The van der Waals surface area contributed by atoms with E-state index in [-0.39, 0.29) is 11.8 Å². The second-order valence-corrected chi connectivity index (χ2v) is 6.87. The fourth-order valence-electron chi connectivity index (χ4n) is 3.46. The first kappa shape index (κ1) is 20.5. The molecule has 2 aromatic carbocycles. The lowest BCUT2D eigenvalue weighted by Gasteiger charge is -2.35. The van der Waals surface area contributed by atoms with E-state index in [4.69, 9.17) is 14.2 Å². The third-order valence-corrected chi connectivity index (χ3v) is 5.03. The Balaban J connectivity index is 1.71. The van der Waals surface area contributed by atoms with Crippen LogP contribution < -0.4 is 14.2 Å². The fourth-order valence-corrected chi connectivity index (χ4v) is 3.46. The maximum absolute atomic E-state index is 13.0. The van der Waals surface area contributed by atoms with Gasteiger partial charge in [-0.05, 0) is 31.2 Å². The molecule has 1 fully saturated rings. The summed E-state index contributed by atoms with van der Waals surface area (Å²) in [6.45, 7) is 3.87. The number of amides is 2. The minimum Gasteiger partial charge on any atom is -0.493 e. The molecule has 0 aliphatic carbocycles. The molecular weight excluding hydrogens is 372 g/mol. The highest BCUT2D eigenvalue weighted by Gasteiger charge is 2.27. The molecule has 154 valence electrons. The van der Waals surface area contributed by atoms with Gasteiger partial charge < -0.3 is 24.0 Å². The van der Waals surface area contributed by atoms with Crippen LogP contribution in [0.3, 0.4) is 0 Å². The van der Waals surface area contributed by atoms with Crippen molar-refractivity contribution in [2.24, 2.45) is 0 Å². The average molecular weight is 398 g/mol. The van der Waals surface area contributed by atoms with Crippen molar-refractivity contribution in [2.45, 2.75) is 6.92 Å². The van der Waals surface area contributed by atoms with Gasteiger partial charge in [0.15, 0.2) is 11.5 Å². The molecule has 0 aromatic heterocycles. The monoisotopic (exact) mass is 398 g/mol. The molecule has 0 spiro atoms. The van der Waals surface area contributed by atoms with Crippen molar-refractivity contribution < 1.29 is 23.8 Å². The van der Waals surface area contributed by atoms with Crippen molar-refractivity contribution in [3.63, 3.8) is 0 Å². The predicted molar refractivity (Wildman–Crippen MR) is 109 cm³/mol. The van der Waals surface area contributed by atoms with Gasteiger partial charge in [-0.2, -0.15) is 0 Å². The topological polar surface area (TPSA) is 68.3 Å². The van der Waals surface area contributed by atoms with Crippen molar-refractivity contribution in [1.82, 2.24) is 9.80 Å². The van der Waals surface area contributed by atoms with Gasteiger partial charge >= 0.3 is 0 Å². The first-order chi connectivity index (χ1) is 14.0. The molecule has 0 radical (unpaired) electrons. The molecule has 1 saturated heterocycles. The number of benzene rings is 2. The Kier molecular flexibility index (Phi) is 6.26. The zero-order valence-electron chi connectivity index (χ0n) is 17.2. The minimum atomic E-state index is -0.132. The average Bonchev–Trinajstić information content (AvgIpc) is 2.77. The molecule has 2 amide bonds. The Labute approximate surface area is 170 Å². The number of nitrogens with zero attached hydrogens (tertiary/aromatic N) is 2. The zero-order chi connectivity index (χ0) is 21.0. The molecule has 1 heterocycles. The molecule has 7 heteroatoms. The molecule has 2 aromatic rings. The van der Waals surface area contributed by atoms with Gasteiger partial charge in [0, 0.05) is 37.3 Å². The van der Waals surface area contributed by atoms with Crippen LogP contribution in [0, 0.1) is 6.92 Å². The second kappa shape index (κ2) is 8.86. The number of methoxy groups -OCH3 is 3. The molecule has 0 bridgehead atoms. The van der Waals surface area contributed by atoms with Gasteiger partial charge in [-0.25, -0.2) is 0 Å². The van der Waals surface area contributed by atoms with Crippen LogP contribution in [0.25, 0.3) is 0 Å². The molecule has 1 aliphatic rings. The molecule has 29 heavy (non-hydrogen) atoms. The first-order valence-corrected chi connectivity index (χ1v) is 9.43. The van der Waals surface area contributed by atoms with E-state index in [1.54, 1.807) is 21.9 Å². The SMILES string of the molecule is COc1cc(C(=O)N2CCN(C(=O)c3cccc(C)c3)CC2)cc(OC)c1OC. The molecular formula is C22H26N2O5. The number of hydrogen-bond acceptors (Lipinski definition) is 5. The minimum absolute atomic E-state index is 0.00594. The molecule has 0 N–H and O–H groups in total. The Bertz CT molecular complexity index is 879. The van der Waals surface area contributed by atoms with E-state index < -0.39 is 0 Å². The van der Waals surface area contributed by atoms with Crippen molar-refractivity contribution in [2.75, 3.05) is 47.5 Å². The van der Waals surface area contributed by atoms with Gasteiger partial charge in [0.25, 0.3) is 11.8 Å². The van der Waals surface area contributed by atoms with Gasteiger partial charge in [0.05, 0.1) is 21.3 Å². The number of carbonyl (C=O) groups is 2. The summed E-state index contributed by atoms with van der Waals surface area (Å²) in [5, 5.41) is 0. The standard InChI is InChI=1S/C22H26N2O5/c1-15-6-5-7-16(12-15)21(25)23-8-10-24(11-9-23)22(26)17-13-18(27-2)20(29-4)19(14-17)28-3/h5-7,12-14H,8-11H2,1-4H3. The highest BCUT2D eigenvalue weighted by atomic mass is 16.5. The van der Waals surface area contributed by atoms with Crippen LogP contribution in [-0.4, -0.2) is 69.1 Å². The number of ether oxygens (including phenoxy) is 3. The van der Waals surface area contributed by atoms with Gasteiger partial charge in [0.1, 0.15) is 0 Å². The predicted octanol–water partition coefficient (Wildman–Crippen LogP) is 2.62. The Morgan fingerprint density at radius 2 is 1.28 bits per heavy atom. The number of hydrogen-bond donors (Lipinski definition) is 0. The third-order valence-electron chi connectivity index (χ3n) is 5.03. The summed E-state index contributed by atoms with van der Waals surface area (Å²) in [7, 11) is 4.55. The number of piperazine rings is 1. The Hall–Kier alpha value is -3.22. The summed E-state index contributed by atoms with van der Waals surface area (Å²) in [4.78, 5) is 29.2. The number of carbonyl (C=O) groups excluding carboxylic acids is 2. The maximum Gasteiger partial charge on any atom is 0.254 e. The summed E-state index contributed by atoms with van der Waals surface area (Å²) in [6.07, 6.45) is 0. The highest BCUT2D eigenvalue weighted by Crippen LogP contribution is 2.38. The van der Waals surface area contributed by atoms with E-state index in [1.807, 2.05) is 31.2 Å². The maximum atomic E-state index is 13.0. The molecule has 0 saturated carbocycles. The van der Waals surface area contributed by atoms with Crippen LogP contribution in [0.4, 0.5) is 0 Å². The van der Waals surface area contributed by atoms with E-state index in [0.29, 0.717) is 54.6 Å². The van der Waals surface area contributed by atoms with Crippen LogP contribution >= 0.6 is 0 Å². The van der Waals surface area contributed by atoms with Crippen molar-refractivity contribution >= 4 is 11.8 Å². The molecule has 0 atom stereocenters.